The number of hydrogen-bond donors (Lipinski definition) is 0. The normalized spacial score (nSPS) is 12.4. The van der Waals surface area contributed by atoms with Crippen molar-refractivity contribution >= 4 is 26.5 Å². The van der Waals surface area contributed by atoms with E-state index in [-0.39, 0.29) is 15.3 Å². The Morgan fingerprint density at radius 1 is 0.793 bits per heavy atom. The summed E-state index contributed by atoms with van der Waals surface area (Å²) in [6, 6.07) is 21.6. The van der Waals surface area contributed by atoms with E-state index in [1.54, 1.807) is 36.4 Å². The Morgan fingerprint density at radius 2 is 1.48 bits per heavy atom. The fraction of sp³-hybridized carbons (Fsp3) is 0.125. The summed E-state index contributed by atoms with van der Waals surface area (Å²) < 4.78 is 32.8. The zero-order valence-electron chi connectivity index (χ0n) is 16.5. The SMILES string of the molecule is Cc1ccc(S(=O)(=O)c2cc3ccccc3oc2=Nc2cc(C)ccc2C)cc1. The van der Waals surface area contributed by atoms with Crippen molar-refractivity contribution in [3.63, 3.8) is 0 Å². The smallest absolute Gasteiger partial charge is 0.239 e. The third kappa shape index (κ3) is 3.74. The van der Waals surface area contributed by atoms with Gasteiger partial charge in [-0.25, -0.2) is 13.4 Å². The second-order valence-electron chi connectivity index (χ2n) is 7.17. The molecule has 0 atom stereocenters. The highest BCUT2D eigenvalue weighted by molar-refractivity contribution is 7.91. The summed E-state index contributed by atoms with van der Waals surface area (Å²) in [6.07, 6.45) is 0. The van der Waals surface area contributed by atoms with Gasteiger partial charge in [0, 0.05) is 5.39 Å². The fourth-order valence-corrected chi connectivity index (χ4v) is 4.46. The van der Waals surface area contributed by atoms with E-state index in [9.17, 15) is 8.42 Å². The summed E-state index contributed by atoms with van der Waals surface area (Å²) in [4.78, 5) is 4.89. The van der Waals surface area contributed by atoms with E-state index in [2.05, 4.69) is 4.99 Å². The van der Waals surface area contributed by atoms with Crippen molar-refractivity contribution < 1.29 is 12.8 Å². The van der Waals surface area contributed by atoms with Gasteiger partial charge in [0.15, 0.2) is 0 Å². The van der Waals surface area contributed by atoms with Crippen LogP contribution in [0, 0.1) is 20.8 Å². The van der Waals surface area contributed by atoms with E-state index < -0.39 is 9.84 Å². The van der Waals surface area contributed by atoms with Crippen LogP contribution in [0.15, 0.2) is 92.0 Å². The minimum absolute atomic E-state index is 0.0564. The number of hydrogen-bond acceptors (Lipinski definition) is 4. The van der Waals surface area contributed by atoms with E-state index in [1.165, 1.54) is 0 Å². The summed E-state index contributed by atoms with van der Waals surface area (Å²) in [5.41, 5.74) is 4.32. The molecule has 3 aromatic carbocycles. The Morgan fingerprint density at radius 3 is 2.24 bits per heavy atom. The summed E-state index contributed by atoms with van der Waals surface area (Å²) in [6.45, 7) is 5.83. The first kappa shape index (κ1) is 19.2. The number of para-hydroxylation sites is 1. The number of sulfone groups is 1. The van der Waals surface area contributed by atoms with Crippen LogP contribution >= 0.6 is 0 Å². The number of benzene rings is 3. The quantitative estimate of drug-likeness (QED) is 0.459. The summed E-state index contributed by atoms with van der Waals surface area (Å²) >= 11 is 0. The van der Waals surface area contributed by atoms with Crippen molar-refractivity contribution in [2.75, 3.05) is 0 Å². The first-order valence-corrected chi connectivity index (χ1v) is 10.8. The van der Waals surface area contributed by atoms with Crippen LogP contribution in [0.25, 0.3) is 11.0 Å². The van der Waals surface area contributed by atoms with Gasteiger partial charge in [-0.2, -0.15) is 0 Å². The second-order valence-corrected chi connectivity index (χ2v) is 9.09. The highest BCUT2D eigenvalue weighted by atomic mass is 32.2. The van der Waals surface area contributed by atoms with Gasteiger partial charge in [-0.05, 0) is 62.2 Å². The maximum atomic E-state index is 13.4. The molecule has 0 saturated heterocycles. The molecule has 29 heavy (non-hydrogen) atoms. The van der Waals surface area contributed by atoms with Gasteiger partial charge < -0.3 is 4.42 Å². The van der Waals surface area contributed by atoms with Crippen molar-refractivity contribution in [2.24, 2.45) is 4.99 Å². The molecule has 0 aliphatic heterocycles. The maximum absolute atomic E-state index is 13.4. The zero-order valence-corrected chi connectivity index (χ0v) is 17.3. The Kier molecular flexibility index (Phi) is 4.84. The molecule has 4 aromatic rings. The van der Waals surface area contributed by atoms with E-state index in [1.807, 2.05) is 57.2 Å². The van der Waals surface area contributed by atoms with E-state index >= 15 is 0 Å². The molecule has 0 bridgehead atoms. The van der Waals surface area contributed by atoms with Gasteiger partial charge in [-0.15, -0.1) is 0 Å². The van der Waals surface area contributed by atoms with Crippen LogP contribution in [0.5, 0.6) is 0 Å². The molecular formula is C24H21NO3S. The topological polar surface area (TPSA) is 59.6 Å². The van der Waals surface area contributed by atoms with Crippen LogP contribution in [-0.2, 0) is 9.84 Å². The summed E-state index contributed by atoms with van der Waals surface area (Å²) in [7, 11) is -3.81. The van der Waals surface area contributed by atoms with Gasteiger partial charge in [0.1, 0.15) is 10.5 Å². The van der Waals surface area contributed by atoms with Gasteiger partial charge in [0.05, 0.1) is 10.6 Å². The van der Waals surface area contributed by atoms with Crippen LogP contribution in [0.1, 0.15) is 16.7 Å². The lowest BCUT2D eigenvalue weighted by Gasteiger charge is -2.08. The molecule has 0 aliphatic carbocycles. The van der Waals surface area contributed by atoms with Crippen LogP contribution in [0.4, 0.5) is 5.69 Å². The molecule has 1 aromatic heterocycles. The van der Waals surface area contributed by atoms with Crippen LogP contribution in [0.2, 0.25) is 0 Å². The third-order valence-corrected chi connectivity index (χ3v) is 6.59. The molecule has 5 heteroatoms. The number of fused-ring (bicyclic) bond motifs is 1. The Hall–Kier alpha value is -3.18. The molecule has 0 saturated carbocycles. The van der Waals surface area contributed by atoms with Crippen molar-refractivity contribution in [3.8, 4) is 0 Å². The first-order valence-electron chi connectivity index (χ1n) is 9.31. The molecule has 0 amide bonds. The molecule has 0 aliphatic rings. The predicted molar refractivity (Wildman–Crippen MR) is 114 cm³/mol. The van der Waals surface area contributed by atoms with Gasteiger partial charge in [-0.3, -0.25) is 0 Å². The van der Waals surface area contributed by atoms with Gasteiger partial charge in [0.25, 0.3) is 0 Å². The highest BCUT2D eigenvalue weighted by Gasteiger charge is 2.22. The Bertz CT molecular complexity index is 1380. The molecule has 0 unspecified atom stereocenters. The lowest BCUT2D eigenvalue weighted by Crippen LogP contribution is -2.16. The van der Waals surface area contributed by atoms with E-state index in [0.717, 1.165) is 16.7 Å². The molecular weight excluding hydrogens is 382 g/mol. The Labute approximate surface area is 170 Å². The molecule has 4 nitrogen and oxygen atoms in total. The second kappa shape index (κ2) is 7.33. The maximum Gasteiger partial charge on any atom is 0.239 e. The Balaban J connectivity index is 2.05. The van der Waals surface area contributed by atoms with E-state index in [0.29, 0.717) is 16.7 Å². The monoisotopic (exact) mass is 403 g/mol. The molecule has 0 radical (unpaired) electrons. The molecule has 146 valence electrons. The lowest BCUT2D eigenvalue weighted by molar-refractivity contribution is 0.517. The van der Waals surface area contributed by atoms with Crippen LogP contribution in [-0.4, -0.2) is 8.42 Å². The van der Waals surface area contributed by atoms with Gasteiger partial charge in [-0.1, -0.05) is 48.0 Å². The third-order valence-electron chi connectivity index (χ3n) is 4.83. The van der Waals surface area contributed by atoms with Gasteiger partial charge >= 0.3 is 0 Å². The standard InChI is InChI=1S/C24H21NO3S/c1-16-9-12-20(13-10-16)29(26,27)23-15-19-6-4-5-7-22(19)28-24(23)25-21-14-17(2)8-11-18(21)3/h4-15H,1-3H3. The predicted octanol–water partition coefficient (Wildman–Crippen LogP) is 5.42. The fourth-order valence-electron chi connectivity index (χ4n) is 3.11. The number of nitrogens with zero attached hydrogens (tertiary/aromatic N) is 1. The molecule has 1 heterocycles. The summed E-state index contributed by atoms with van der Waals surface area (Å²) in [5, 5.41) is 0.707. The first-order chi connectivity index (χ1) is 13.8. The van der Waals surface area contributed by atoms with Gasteiger partial charge in [0.2, 0.25) is 15.4 Å². The highest BCUT2D eigenvalue weighted by Crippen LogP contribution is 2.24. The number of aryl methyl sites for hydroxylation is 3. The minimum Gasteiger partial charge on any atom is -0.437 e. The molecule has 0 fully saturated rings. The van der Waals surface area contributed by atoms with Crippen molar-refractivity contribution in [1.82, 2.24) is 0 Å². The number of rotatable bonds is 3. The van der Waals surface area contributed by atoms with E-state index in [4.69, 9.17) is 4.42 Å². The molecule has 0 N–H and O–H groups in total. The van der Waals surface area contributed by atoms with Crippen molar-refractivity contribution in [3.05, 3.63) is 95.0 Å². The minimum atomic E-state index is -3.81. The zero-order chi connectivity index (χ0) is 20.6. The van der Waals surface area contributed by atoms with Crippen LogP contribution < -0.4 is 5.55 Å². The summed E-state index contributed by atoms with van der Waals surface area (Å²) in [5.74, 6) is 0. The van der Waals surface area contributed by atoms with Crippen molar-refractivity contribution in [1.29, 1.82) is 0 Å². The lowest BCUT2D eigenvalue weighted by atomic mass is 10.1. The molecule has 0 spiro atoms. The molecule has 4 rings (SSSR count). The average Bonchev–Trinajstić information content (AvgIpc) is 2.70. The average molecular weight is 404 g/mol. The van der Waals surface area contributed by atoms with Crippen LogP contribution in [0.3, 0.4) is 0 Å². The van der Waals surface area contributed by atoms with Crippen molar-refractivity contribution in [2.45, 2.75) is 30.6 Å². The largest absolute Gasteiger partial charge is 0.437 e.